The number of carbonyl (C=O) groups excluding carboxylic acids is 1. The third kappa shape index (κ3) is 2.96. The highest BCUT2D eigenvalue weighted by atomic mass is 35.5. The highest BCUT2D eigenvalue weighted by Crippen LogP contribution is 2.39. The second-order valence-electron chi connectivity index (χ2n) is 6.61. The molecule has 3 heteroatoms. The van der Waals surface area contributed by atoms with Gasteiger partial charge in [-0.15, -0.1) is 11.6 Å². The first-order chi connectivity index (χ1) is 10.2. The molecule has 114 valence electrons. The fraction of sp³-hybridized carbons (Fsp3) is 0.611. The van der Waals surface area contributed by atoms with Gasteiger partial charge < -0.3 is 4.90 Å². The summed E-state index contributed by atoms with van der Waals surface area (Å²) in [5.41, 5.74) is 1.82. The fourth-order valence-corrected chi connectivity index (χ4v) is 4.29. The molecule has 1 aromatic carbocycles. The summed E-state index contributed by atoms with van der Waals surface area (Å²) in [6.45, 7) is 3.27. The molecule has 0 N–H and O–H groups in total. The van der Waals surface area contributed by atoms with Crippen molar-refractivity contribution in [2.24, 2.45) is 11.8 Å². The molecule has 1 aromatic rings. The summed E-state index contributed by atoms with van der Waals surface area (Å²) in [5, 5.41) is 0. The molecule has 1 saturated carbocycles. The number of piperidine rings is 1. The van der Waals surface area contributed by atoms with Gasteiger partial charge in [-0.2, -0.15) is 0 Å². The molecule has 0 bridgehead atoms. The second kappa shape index (κ2) is 6.39. The van der Waals surface area contributed by atoms with Gasteiger partial charge in [-0.05, 0) is 48.8 Å². The predicted octanol–water partition coefficient (Wildman–Crippen LogP) is 4.47. The van der Waals surface area contributed by atoms with Crippen LogP contribution in [0.3, 0.4) is 0 Å². The fourth-order valence-electron chi connectivity index (χ4n) is 4.12. The van der Waals surface area contributed by atoms with E-state index in [1.807, 2.05) is 24.3 Å². The SMILES string of the molecule is CC1CCN(C(=O)c2cccc(CCl)c2)C2CCCCC12. The Morgan fingerprint density at radius 2 is 2.10 bits per heavy atom. The standard InChI is InChI=1S/C18H24ClNO/c1-13-9-10-20(17-8-3-2-7-16(13)17)18(21)15-6-4-5-14(11-15)12-19/h4-6,11,13,16-17H,2-3,7-10,12H2,1H3. The zero-order valence-corrected chi connectivity index (χ0v) is 13.5. The van der Waals surface area contributed by atoms with E-state index in [-0.39, 0.29) is 5.91 Å². The number of nitrogens with zero attached hydrogens (tertiary/aromatic N) is 1. The van der Waals surface area contributed by atoms with E-state index in [1.165, 1.54) is 25.7 Å². The molecule has 1 saturated heterocycles. The lowest BCUT2D eigenvalue weighted by Crippen LogP contribution is -2.52. The van der Waals surface area contributed by atoms with Gasteiger partial charge in [0.2, 0.25) is 0 Å². The monoisotopic (exact) mass is 305 g/mol. The van der Waals surface area contributed by atoms with Crippen LogP contribution in [0.4, 0.5) is 0 Å². The molecule has 3 atom stereocenters. The number of hydrogen-bond donors (Lipinski definition) is 0. The maximum absolute atomic E-state index is 12.9. The number of fused-ring (bicyclic) bond motifs is 1. The molecule has 0 aromatic heterocycles. The van der Waals surface area contributed by atoms with Crippen molar-refractivity contribution < 1.29 is 4.79 Å². The molecule has 2 nitrogen and oxygen atoms in total. The molecular weight excluding hydrogens is 282 g/mol. The molecule has 1 aliphatic carbocycles. The van der Waals surface area contributed by atoms with Gasteiger partial charge in [-0.3, -0.25) is 4.79 Å². The first-order valence-corrected chi connectivity index (χ1v) is 8.70. The van der Waals surface area contributed by atoms with Crippen LogP contribution >= 0.6 is 11.6 Å². The van der Waals surface area contributed by atoms with Gasteiger partial charge in [0, 0.05) is 24.0 Å². The minimum absolute atomic E-state index is 0.200. The quantitative estimate of drug-likeness (QED) is 0.738. The molecule has 2 aliphatic rings. The van der Waals surface area contributed by atoms with Crippen molar-refractivity contribution in [3.05, 3.63) is 35.4 Å². The van der Waals surface area contributed by atoms with Crippen LogP contribution in [0.25, 0.3) is 0 Å². The van der Waals surface area contributed by atoms with Gasteiger partial charge in [0.05, 0.1) is 0 Å². The van der Waals surface area contributed by atoms with Crippen molar-refractivity contribution in [3.8, 4) is 0 Å². The van der Waals surface area contributed by atoms with E-state index >= 15 is 0 Å². The summed E-state index contributed by atoms with van der Waals surface area (Å²) in [5.74, 6) is 2.12. The Labute approximate surface area is 132 Å². The molecule has 1 amide bonds. The van der Waals surface area contributed by atoms with Crippen molar-refractivity contribution in [3.63, 3.8) is 0 Å². The lowest BCUT2D eigenvalue weighted by atomic mass is 9.72. The summed E-state index contributed by atoms with van der Waals surface area (Å²) in [4.78, 5) is 15.1. The van der Waals surface area contributed by atoms with E-state index in [2.05, 4.69) is 11.8 Å². The summed E-state index contributed by atoms with van der Waals surface area (Å²) < 4.78 is 0. The molecule has 0 radical (unpaired) electrons. The average Bonchev–Trinajstić information content (AvgIpc) is 2.55. The van der Waals surface area contributed by atoms with Crippen molar-refractivity contribution in [2.75, 3.05) is 6.54 Å². The van der Waals surface area contributed by atoms with Crippen LogP contribution in [-0.4, -0.2) is 23.4 Å². The van der Waals surface area contributed by atoms with Crippen LogP contribution in [0.2, 0.25) is 0 Å². The van der Waals surface area contributed by atoms with Crippen LogP contribution in [0.1, 0.15) is 54.9 Å². The summed E-state index contributed by atoms with van der Waals surface area (Å²) in [6.07, 6.45) is 6.20. The largest absolute Gasteiger partial charge is 0.335 e. The second-order valence-corrected chi connectivity index (χ2v) is 6.88. The number of likely N-dealkylation sites (tertiary alicyclic amines) is 1. The van der Waals surface area contributed by atoms with E-state index in [0.29, 0.717) is 17.8 Å². The topological polar surface area (TPSA) is 20.3 Å². The number of halogens is 1. The Balaban J connectivity index is 1.82. The summed E-state index contributed by atoms with van der Waals surface area (Å²) >= 11 is 5.89. The normalized spacial score (nSPS) is 29.0. The number of benzene rings is 1. The lowest BCUT2D eigenvalue weighted by Gasteiger charge is -2.47. The molecule has 3 rings (SSSR count). The van der Waals surface area contributed by atoms with E-state index in [0.717, 1.165) is 30.0 Å². The van der Waals surface area contributed by atoms with Crippen LogP contribution in [0.5, 0.6) is 0 Å². The maximum atomic E-state index is 12.9. The average molecular weight is 306 g/mol. The number of rotatable bonds is 2. The third-order valence-corrected chi connectivity index (χ3v) is 5.64. The van der Waals surface area contributed by atoms with Crippen molar-refractivity contribution in [2.45, 2.75) is 50.9 Å². The molecule has 2 fully saturated rings. The van der Waals surface area contributed by atoms with Crippen LogP contribution in [-0.2, 0) is 5.88 Å². The number of hydrogen-bond acceptors (Lipinski definition) is 1. The van der Waals surface area contributed by atoms with Gasteiger partial charge in [0.15, 0.2) is 0 Å². The van der Waals surface area contributed by atoms with Crippen molar-refractivity contribution in [1.82, 2.24) is 4.90 Å². The molecule has 0 spiro atoms. The van der Waals surface area contributed by atoms with E-state index in [4.69, 9.17) is 11.6 Å². The number of carbonyl (C=O) groups is 1. The maximum Gasteiger partial charge on any atom is 0.254 e. The van der Waals surface area contributed by atoms with Gasteiger partial charge in [-0.25, -0.2) is 0 Å². The van der Waals surface area contributed by atoms with Gasteiger partial charge in [0.25, 0.3) is 5.91 Å². The van der Waals surface area contributed by atoms with Crippen molar-refractivity contribution >= 4 is 17.5 Å². The minimum atomic E-state index is 0.200. The Bertz CT molecular complexity index is 516. The molecule has 1 heterocycles. The Hall–Kier alpha value is -1.02. The highest BCUT2D eigenvalue weighted by Gasteiger charge is 2.39. The number of amides is 1. The van der Waals surface area contributed by atoms with Gasteiger partial charge in [0.1, 0.15) is 0 Å². The van der Waals surface area contributed by atoms with Crippen molar-refractivity contribution in [1.29, 1.82) is 0 Å². The van der Waals surface area contributed by atoms with Crippen LogP contribution in [0.15, 0.2) is 24.3 Å². The highest BCUT2D eigenvalue weighted by molar-refractivity contribution is 6.17. The molecule has 21 heavy (non-hydrogen) atoms. The Morgan fingerprint density at radius 3 is 2.90 bits per heavy atom. The minimum Gasteiger partial charge on any atom is -0.335 e. The predicted molar refractivity (Wildman–Crippen MR) is 86.6 cm³/mol. The Morgan fingerprint density at radius 1 is 1.29 bits per heavy atom. The summed E-state index contributed by atoms with van der Waals surface area (Å²) in [6, 6.07) is 8.25. The summed E-state index contributed by atoms with van der Waals surface area (Å²) in [7, 11) is 0. The molecule has 3 unspecified atom stereocenters. The van der Waals surface area contributed by atoms with E-state index < -0.39 is 0 Å². The first-order valence-electron chi connectivity index (χ1n) is 8.16. The van der Waals surface area contributed by atoms with E-state index in [1.54, 1.807) is 0 Å². The first kappa shape index (κ1) is 14.9. The molecular formula is C18H24ClNO. The van der Waals surface area contributed by atoms with Crippen LogP contribution < -0.4 is 0 Å². The zero-order chi connectivity index (χ0) is 14.8. The van der Waals surface area contributed by atoms with E-state index in [9.17, 15) is 4.79 Å². The number of alkyl halides is 1. The lowest BCUT2D eigenvalue weighted by molar-refractivity contribution is 0.0217. The Kier molecular flexibility index (Phi) is 4.54. The van der Waals surface area contributed by atoms with Gasteiger partial charge in [-0.1, -0.05) is 31.9 Å². The smallest absolute Gasteiger partial charge is 0.254 e. The third-order valence-electron chi connectivity index (χ3n) is 5.33. The molecule has 1 aliphatic heterocycles. The van der Waals surface area contributed by atoms with Crippen LogP contribution in [0, 0.1) is 11.8 Å². The van der Waals surface area contributed by atoms with Gasteiger partial charge >= 0.3 is 0 Å². The zero-order valence-electron chi connectivity index (χ0n) is 12.7.